The standard InChI is InChI=1S/C17H20F2N4O5S/c1-3-22-9-15(17(21-22)28-10-16(18)19)29(25,26)23-6-7-27-14-5-4-12(8-13(14)23)20-11(2)24/h4-5,8-9,16H,3,6-7,10H2,1-2H3,(H,20,24). The van der Waals surface area contributed by atoms with Gasteiger partial charge in [0.2, 0.25) is 5.91 Å². The lowest BCUT2D eigenvalue weighted by atomic mass is 10.2. The molecule has 0 saturated heterocycles. The minimum absolute atomic E-state index is 0.00947. The number of carbonyl (C=O) groups excluding carboxylic acids is 1. The Morgan fingerprint density at radius 3 is 2.83 bits per heavy atom. The molecule has 12 heteroatoms. The Hall–Kier alpha value is -2.89. The van der Waals surface area contributed by atoms with E-state index in [-0.39, 0.29) is 29.6 Å². The number of fused-ring (bicyclic) bond motifs is 1. The summed E-state index contributed by atoms with van der Waals surface area (Å²) in [5.74, 6) is -0.395. The number of halogens is 2. The van der Waals surface area contributed by atoms with Crippen molar-refractivity contribution in [2.45, 2.75) is 31.7 Å². The van der Waals surface area contributed by atoms with Gasteiger partial charge < -0.3 is 14.8 Å². The Balaban J connectivity index is 2.03. The molecule has 9 nitrogen and oxygen atoms in total. The first-order chi connectivity index (χ1) is 13.7. The van der Waals surface area contributed by atoms with E-state index in [0.717, 1.165) is 4.31 Å². The van der Waals surface area contributed by atoms with E-state index in [2.05, 4.69) is 10.4 Å². The first-order valence-corrected chi connectivity index (χ1v) is 10.2. The van der Waals surface area contributed by atoms with Crippen molar-refractivity contribution in [1.29, 1.82) is 0 Å². The highest BCUT2D eigenvalue weighted by atomic mass is 32.2. The molecule has 0 spiro atoms. The van der Waals surface area contributed by atoms with Crippen LogP contribution in [-0.4, -0.2) is 50.3 Å². The van der Waals surface area contributed by atoms with E-state index in [0.29, 0.717) is 18.0 Å². The molecule has 2 heterocycles. The number of benzene rings is 1. The number of rotatable bonds is 7. The minimum atomic E-state index is -4.20. The molecule has 2 aromatic rings. The molecule has 1 aromatic carbocycles. The third-order valence-electron chi connectivity index (χ3n) is 4.03. The van der Waals surface area contributed by atoms with Crippen molar-refractivity contribution in [2.24, 2.45) is 0 Å². The number of amides is 1. The number of carbonyl (C=O) groups is 1. The summed E-state index contributed by atoms with van der Waals surface area (Å²) in [5, 5.41) is 6.53. The Morgan fingerprint density at radius 1 is 1.41 bits per heavy atom. The van der Waals surface area contributed by atoms with Crippen molar-refractivity contribution in [3.05, 3.63) is 24.4 Å². The van der Waals surface area contributed by atoms with Gasteiger partial charge in [0.25, 0.3) is 22.3 Å². The molecular formula is C17H20F2N4O5S. The fraction of sp³-hybridized carbons (Fsp3) is 0.412. The fourth-order valence-electron chi connectivity index (χ4n) is 2.81. The maximum absolute atomic E-state index is 13.3. The van der Waals surface area contributed by atoms with Crippen LogP contribution < -0.4 is 19.1 Å². The summed E-state index contributed by atoms with van der Waals surface area (Å²) in [6.07, 6.45) is -1.54. The number of ether oxygens (including phenoxy) is 2. The molecule has 0 saturated carbocycles. The van der Waals surface area contributed by atoms with E-state index in [1.807, 2.05) is 0 Å². The average molecular weight is 430 g/mol. The van der Waals surface area contributed by atoms with Gasteiger partial charge in [0.05, 0.1) is 12.2 Å². The van der Waals surface area contributed by atoms with Crippen LogP contribution in [0.2, 0.25) is 0 Å². The second kappa shape index (κ2) is 8.23. The summed E-state index contributed by atoms with van der Waals surface area (Å²) in [4.78, 5) is 11.0. The highest BCUT2D eigenvalue weighted by Crippen LogP contribution is 2.38. The second-order valence-corrected chi connectivity index (χ2v) is 7.98. The molecular weight excluding hydrogens is 410 g/mol. The predicted molar refractivity (Wildman–Crippen MR) is 100 cm³/mol. The van der Waals surface area contributed by atoms with Crippen LogP contribution in [0.1, 0.15) is 13.8 Å². The number of anilines is 2. The van der Waals surface area contributed by atoms with E-state index in [1.165, 1.54) is 23.9 Å². The van der Waals surface area contributed by atoms with Crippen molar-refractivity contribution in [1.82, 2.24) is 9.78 Å². The maximum Gasteiger partial charge on any atom is 0.272 e. The number of alkyl halides is 2. The lowest BCUT2D eigenvalue weighted by molar-refractivity contribution is -0.114. The zero-order valence-electron chi connectivity index (χ0n) is 15.8. The lowest BCUT2D eigenvalue weighted by Gasteiger charge is -2.30. The molecule has 0 radical (unpaired) electrons. The largest absolute Gasteiger partial charge is 0.489 e. The van der Waals surface area contributed by atoms with Crippen molar-refractivity contribution < 1.29 is 31.5 Å². The number of aromatic nitrogens is 2. The van der Waals surface area contributed by atoms with Crippen molar-refractivity contribution in [3.8, 4) is 11.6 Å². The first-order valence-electron chi connectivity index (χ1n) is 8.78. The summed E-state index contributed by atoms with van der Waals surface area (Å²) < 4.78 is 64.7. The van der Waals surface area contributed by atoms with E-state index in [4.69, 9.17) is 9.47 Å². The maximum atomic E-state index is 13.3. The van der Waals surface area contributed by atoms with Crippen LogP contribution in [-0.2, 0) is 21.4 Å². The first kappa shape index (κ1) is 20.8. The molecule has 0 fully saturated rings. The van der Waals surface area contributed by atoms with Gasteiger partial charge in [-0.15, -0.1) is 5.10 Å². The van der Waals surface area contributed by atoms with Crippen molar-refractivity contribution in [2.75, 3.05) is 29.4 Å². The van der Waals surface area contributed by atoms with Gasteiger partial charge in [0.1, 0.15) is 12.4 Å². The Labute approximate surface area is 166 Å². The Kier molecular flexibility index (Phi) is 5.91. The zero-order valence-corrected chi connectivity index (χ0v) is 16.6. The normalized spacial score (nSPS) is 13.8. The highest BCUT2D eigenvalue weighted by molar-refractivity contribution is 7.93. The van der Waals surface area contributed by atoms with Gasteiger partial charge in [-0.3, -0.25) is 13.8 Å². The topological polar surface area (TPSA) is 103 Å². The van der Waals surface area contributed by atoms with E-state index < -0.39 is 28.9 Å². The van der Waals surface area contributed by atoms with Crippen molar-refractivity contribution in [3.63, 3.8) is 0 Å². The van der Waals surface area contributed by atoms with Crippen LogP contribution in [0.4, 0.5) is 20.2 Å². The average Bonchev–Trinajstić information content (AvgIpc) is 3.09. The van der Waals surface area contributed by atoms with Crippen LogP contribution in [0.3, 0.4) is 0 Å². The van der Waals surface area contributed by atoms with Gasteiger partial charge >= 0.3 is 0 Å². The number of aryl methyl sites for hydroxylation is 1. The molecule has 0 unspecified atom stereocenters. The molecule has 1 amide bonds. The van der Waals surface area contributed by atoms with Crippen LogP contribution in [0, 0.1) is 0 Å². The predicted octanol–water partition coefficient (Wildman–Crippen LogP) is 2.09. The Morgan fingerprint density at radius 2 is 2.17 bits per heavy atom. The fourth-order valence-corrected chi connectivity index (χ4v) is 4.34. The summed E-state index contributed by atoms with van der Waals surface area (Å²) in [7, 11) is -4.20. The third-order valence-corrected chi connectivity index (χ3v) is 5.83. The number of hydrogen-bond donors (Lipinski definition) is 1. The van der Waals surface area contributed by atoms with Gasteiger partial charge in [0, 0.05) is 25.4 Å². The molecule has 0 aliphatic carbocycles. The molecule has 0 atom stereocenters. The van der Waals surface area contributed by atoms with E-state index in [9.17, 15) is 22.0 Å². The summed E-state index contributed by atoms with van der Waals surface area (Å²) in [6, 6.07) is 4.60. The number of nitrogens with zero attached hydrogens (tertiary/aromatic N) is 3. The van der Waals surface area contributed by atoms with Gasteiger partial charge in [-0.05, 0) is 25.1 Å². The third kappa shape index (κ3) is 4.42. The molecule has 1 aliphatic heterocycles. The van der Waals surface area contributed by atoms with Gasteiger partial charge in [-0.1, -0.05) is 0 Å². The molecule has 1 aromatic heterocycles. The zero-order chi connectivity index (χ0) is 21.2. The molecule has 1 N–H and O–H groups in total. The van der Waals surface area contributed by atoms with Gasteiger partial charge in [-0.2, -0.15) is 0 Å². The number of sulfonamides is 1. The summed E-state index contributed by atoms with van der Waals surface area (Å²) in [5.41, 5.74) is 0.604. The van der Waals surface area contributed by atoms with Crippen LogP contribution in [0.15, 0.2) is 29.3 Å². The minimum Gasteiger partial charge on any atom is -0.489 e. The van der Waals surface area contributed by atoms with Gasteiger partial charge in [-0.25, -0.2) is 17.2 Å². The van der Waals surface area contributed by atoms with Gasteiger partial charge in [0.15, 0.2) is 11.5 Å². The van der Waals surface area contributed by atoms with E-state index in [1.54, 1.807) is 19.1 Å². The molecule has 3 rings (SSSR count). The summed E-state index contributed by atoms with van der Waals surface area (Å²) >= 11 is 0. The molecule has 158 valence electrons. The van der Waals surface area contributed by atoms with Crippen LogP contribution in [0.5, 0.6) is 11.6 Å². The Bertz CT molecular complexity index is 1010. The van der Waals surface area contributed by atoms with Crippen LogP contribution >= 0.6 is 0 Å². The lowest BCUT2D eigenvalue weighted by Crippen LogP contribution is -2.38. The number of hydrogen-bond acceptors (Lipinski definition) is 6. The number of nitrogens with one attached hydrogen (secondary N) is 1. The van der Waals surface area contributed by atoms with Crippen LogP contribution in [0.25, 0.3) is 0 Å². The van der Waals surface area contributed by atoms with Crippen molar-refractivity contribution >= 4 is 27.3 Å². The smallest absolute Gasteiger partial charge is 0.272 e. The van der Waals surface area contributed by atoms with E-state index >= 15 is 0 Å². The quantitative estimate of drug-likeness (QED) is 0.722. The highest BCUT2D eigenvalue weighted by Gasteiger charge is 2.35. The summed E-state index contributed by atoms with van der Waals surface area (Å²) in [6.45, 7) is 2.49. The monoisotopic (exact) mass is 430 g/mol. The second-order valence-electron chi connectivity index (χ2n) is 6.15. The molecule has 1 aliphatic rings. The molecule has 29 heavy (non-hydrogen) atoms. The molecule has 0 bridgehead atoms. The SMILES string of the molecule is CCn1cc(S(=O)(=O)N2CCOc3ccc(NC(C)=O)cc32)c(OCC(F)F)n1.